The SMILES string of the molecule is COc1ccc(C(OC2CC(OP(SCCSC(=O)c3ccccc3)N3CCCC3)[C@@H]3OCC2O[C@H]3n2cnc3c(=O)[nH]c(/N=C/N(C)C)nc32)(c2ccccc2)c2ccc(OC)cc2)cc1. The van der Waals surface area contributed by atoms with Gasteiger partial charge in [0.15, 0.2) is 24.9 Å². The monoisotopic (exact) mass is 963 g/mol. The first-order valence-electron chi connectivity index (χ1n) is 22.3. The van der Waals surface area contributed by atoms with Crippen LogP contribution in [0.2, 0.25) is 0 Å². The molecule has 67 heavy (non-hydrogen) atoms. The normalized spacial score (nSPS) is 21.4. The first-order valence-corrected chi connectivity index (χ1v) is 26.1. The molecule has 0 saturated carbocycles. The van der Waals surface area contributed by atoms with E-state index in [-0.39, 0.29) is 23.2 Å². The van der Waals surface area contributed by atoms with Crippen LogP contribution in [0.3, 0.4) is 0 Å². The zero-order valence-corrected chi connectivity index (χ0v) is 40.3. The summed E-state index contributed by atoms with van der Waals surface area (Å²) >= 11 is 3.07. The van der Waals surface area contributed by atoms with E-state index in [0.29, 0.717) is 40.6 Å². The fourth-order valence-electron chi connectivity index (χ4n) is 8.69. The summed E-state index contributed by atoms with van der Waals surface area (Å²) in [6.07, 6.45) is 2.45. The number of hydrogen-bond acceptors (Lipinski definition) is 14. The van der Waals surface area contributed by atoms with Crippen molar-refractivity contribution in [1.82, 2.24) is 29.1 Å². The van der Waals surface area contributed by atoms with Gasteiger partial charge in [0.25, 0.3) is 5.56 Å². The third-order valence-corrected chi connectivity index (χ3v) is 17.2. The summed E-state index contributed by atoms with van der Waals surface area (Å²) < 4.78 is 44.8. The molecule has 4 aliphatic rings. The van der Waals surface area contributed by atoms with Gasteiger partial charge in [-0.25, -0.2) is 9.98 Å². The van der Waals surface area contributed by atoms with E-state index in [0.717, 1.165) is 42.6 Å². The highest BCUT2D eigenvalue weighted by Crippen LogP contribution is 2.58. The topological polar surface area (TPSA) is 155 Å². The Balaban J connectivity index is 1.12. The van der Waals surface area contributed by atoms with Gasteiger partial charge in [0.05, 0.1) is 45.7 Å². The highest BCUT2D eigenvalue weighted by Gasteiger charge is 2.52. The second kappa shape index (κ2) is 21.5. The lowest BCUT2D eigenvalue weighted by atomic mass is 9.79. The maximum Gasteiger partial charge on any atom is 0.280 e. The Morgan fingerprint density at radius 3 is 2.18 bits per heavy atom. The molecule has 2 aromatic heterocycles. The van der Waals surface area contributed by atoms with Crippen LogP contribution in [0.25, 0.3) is 11.2 Å². The van der Waals surface area contributed by atoms with Crippen LogP contribution in [0.1, 0.15) is 52.5 Å². The lowest BCUT2D eigenvalue weighted by molar-refractivity contribution is -0.233. The number of aromatic nitrogens is 4. The molecule has 0 spiro atoms. The number of hydrogen-bond donors (Lipinski definition) is 1. The van der Waals surface area contributed by atoms with Crippen molar-refractivity contribution in [1.29, 1.82) is 0 Å². The van der Waals surface area contributed by atoms with Crippen LogP contribution in [0.5, 0.6) is 11.5 Å². The van der Waals surface area contributed by atoms with Gasteiger partial charge >= 0.3 is 0 Å². The average Bonchev–Trinajstić information content (AvgIpc) is 4.02. The van der Waals surface area contributed by atoms with Gasteiger partial charge < -0.3 is 33.1 Å². The van der Waals surface area contributed by atoms with E-state index in [4.69, 9.17) is 33.2 Å². The van der Waals surface area contributed by atoms with E-state index in [1.807, 2.05) is 111 Å². The third-order valence-electron chi connectivity index (χ3n) is 12.0. The fraction of sp³-hybridized carbons (Fsp3) is 0.367. The number of carbonyl (C=O) groups is 1. The van der Waals surface area contributed by atoms with Crippen LogP contribution >= 0.6 is 30.6 Å². The molecule has 4 fully saturated rings. The Bertz CT molecular complexity index is 2620. The number of imidazole rings is 1. The minimum atomic E-state index is -1.24. The van der Waals surface area contributed by atoms with E-state index in [2.05, 4.69) is 31.8 Å². The second-order valence-corrected chi connectivity index (χ2v) is 21.3. The molecule has 4 saturated heterocycles. The maximum absolute atomic E-state index is 13.4. The highest BCUT2D eigenvalue weighted by atomic mass is 32.7. The van der Waals surface area contributed by atoms with Crippen molar-refractivity contribution < 1.29 is 33.0 Å². The van der Waals surface area contributed by atoms with Crippen molar-refractivity contribution >= 4 is 59.2 Å². The molecular formula is C49H54N7O8PS2. The van der Waals surface area contributed by atoms with Gasteiger partial charge in [0.2, 0.25) is 11.1 Å². The molecule has 4 unspecified atom stereocenters. The summed E-state index contributed by atoms with van der Waals surface area (Å²) in [4.78, 5) is 44.7. The van der Waals surface area contributed by atoms with E-state index < -0.39 is 49.3 Å². The smallest absolute Gasteiger partial charge is 0.280 e. The zero-order valence-electron chi connectivity index (χ0n) is 37.8. The number of nitrogens with one attached hydrogen (secondary N) is 1. The Labute approximate surface area is 399 Å². The number of H-pyrrole nitrogens is 1. The number of aromatic amines is 1. The predicted molar refractivity (Wildman–Crippen MR) is 264 cm³/mol. The van der Waals surface area contributed by atoms with Gasteiger partial charge in [-0.3, -0.25) is 23.8 Å². The minimum Gasteiger partial charge on any atom is -0.497 e. The van der Waals surface area contributed by atoms with Crippen LogP contribution in [-0.2, 0) is 24.3 Å². The lowest BCUT2D eigenvalue weighted by Crippen LogP contribution is -2.46. The molecule has 10 rings (SSSR count). The van der Waals surface area contributed by atoms with E-state index in [1.165, 1.54) is 11.8 Å². The summed E-state index contributed by atoms with van der Waals surface area (Å²) in [5, 5.41) is 0.0490. The molecule has 4 aromatic carbocycles. The maximum atomic E-state index is 13.4. The molecule has 2 bridgehead atoms. The molecular weight excluding hydrogens is 910 g/mol. The number of fused-ring (bicyclic) bond motifs is 5. The van der Waals surface area contributed by atoms with E-state index in [1.54, 1.807) is 47.7 Å². The second-order valence-electron chi connectivity index (χ2n) is 16.6. The fourth-order valence-corrected chi connectivity index (χ4v) is 14.0. The molecule has 15 nitrogen and oxygen atoms in total. The number of thioether (sulfide) groups is 1. The van der Waals surface area contributed by atoms with Crippen molar-refractivity contribution in [2.24, 2.45) is 4.99 Å². The summed E-state index contributed by atoms with van der Waals surface area (Å²) in [6, 6.07) is 35.5. The molecule has 6 atom stereocenters. The number of nitrogens with zero attached hydrogens (tertiary/aromatic N) is 6. The standard InChI is InChI=1S/C49H54N7O8PS2/c1-54(2)31-51-48-52-44-42(45(57)53-48)50-32-56(44)46-43-40(64-65(55-25-11-12-26-55)67-28-27-66-47(58)33-13-7-5-8-14-33)29-39(41(62-46)30-61-43)63-49(34-15-9-6-10-16-34,35-17-21-37(59-3)22-18-35)36-19-23-38(60-4)24-20-36/h5-10,13-24,31-32,39-41,43,46H,11-12,25-30H2,1-4H3,(H,52,53,57)/b51-31+/t39?,40?,41?,43-,46+,65?/m0/s1. The summed E-state index contributed by atoms with van der Waals surface area (Å²) in [5.74, 6) is 2.89. The lowest BCUT2D eigenvalue weighted by Gasteiger charge is -2.41. The molecule has 0 aliphatic carbocycles. The van der Waals surface area contributed by atoms with Crippen molar-refractivity contribution in [3.63, 3.8) is 0 Å². The van der Waals surface area contributed by atoms with Crippen molar-refractivity contribution in [2.45, 2.75) is 55.5 Å². The molecule has 18 heteroatoms. The number of benzene rings is 4. The van der Waals surface area contributed by atoms with Gasteiger partial charge in [-0.1, -0.05) is 108 Å². The van der Waals surface area contributed by atoms with E-state index in [9.17, 15) is 9.59 Å². The average molecular weight is 964 g/mol. The van der Waals surface area contributed by atoms with Gasteiger partial charge in [-0.2, -0.15) is 4.98 Å². The van der Waals surface area contributed by atoms with Gasteiger partial charge in [0.1, 0.15) is 29.3 Å². The van der Waals surface area contributed by atoms with E-state index >= 15 is 0 Å². The Morgan fingerprint density at radius 2 is 1.54 bits per heavy atom. The Morgan fingerprint density at radius 1 is 0.896 bits per heavy atom. The summed E-state index contributed by atoms with van der Waals surface area (Å²) in [5.41, 5.74) is 2.23. The van der Waals surface area contributed by atoms with Gasteiger partial charge in [-0.15, -0.1) is 0 Å². The number of aliphatic imine (C=N–C) groups is 1. The quantitative estimate of drug-likeness (QED) is 0.0288. The molecule has 6 heterocycles. The molecule has 350 valence electrons. The molecule has 6 aromatic rings. The Kier molecular flexibility index (Phi) is 15.1. The first-order chi connectivity index (χ1) is 32.7. The highest BCUT2D eigenvalue weighted by molar-refractivity contribution is 8.53. The molecule has 4 aliphatic heterocycles. The number of ether oxygens (including phenoxy) is 5. The van der Waals surface area contributed by atoms with Crippen molar-refractivity contribution in [3.05, 3.63) is 148 Å². The zero-order chi connectivity index (χ0) is 46.3. The van der Waals surface area contributed by atoms with Crippen molar-refractivity contribution in [3.8, 4) is 11.5 Å². The van der Waals surface area contributed by atoms with Crippen LogP contribution in [0.4, 0.5) is 5.95 Å². The van der Waals surface area contributed by atoms with Gasteiger partial charge in [0, 0.05) is 50.7 Å². The minimum absolute atomic E-state index is 0.0490. The van der Waals surface area contributed by atoms with Crippen LogP contribution in [-0.4, -0.2) is 124 Å². The predicted octanol–water partition coefficient (Wildman–Crippen LogP) is 8.44. The molecule has 0 radical (unpaired) electrons. The van der Waals surface area contributed by atoms with Crippen LogP contribution in [0, 0.1) is 0 Å². The van der Waals surface area contributed by atoms with Crippen molar-refractivity contribution in [2.75, 3.05) is 59.5 Å². The first kappa shape index (κ1) is 47.0. The number of carbonyl (C=O) groups excluding carboxylic acids is 1. The largest absolute Gasteiger partial charge is 0.497 e. The molecule has 0 amide bonds. The number of methoxy groups -OCH3 is 2. The van der Waals surface area contributed by atoms with Crippen LogP contribution in [0.15, 0.2) is 125 Å². The van der Waals surface area contributed by atoms with Gasteiger partial charge in [-0.05, 0) is 53.8 Å². The summed E-state index contributed by atoms with van der Waals surface area (Å²) in [7, 11) is 5.75. The third kappa shape index (κ3) is 10.3. The Hall–Kier alpha value is -5.10. The molecule has 1 N–H and O–H groups in total. The van der Waals surface area contributed by atoms with Crippen LogP contribution < -0.4 is 15.0 Å². The number of rotatable bonds is 18. The summed E-state index contributed by atoms with van der Waals surface area (Å²) in [6.45, 7) is 2.02.